The topological polar surface area (TPSA) is 9.72 Å². The minimum Gasteiger partial charge on any atom is -0.301 e. The Morgan fingerprint density at radius 3 is 1.92 bits per heavy atom. The number of rotatable bonds is 7. The average molecular weight is 352 g/mol. The number of piperazine rings is 1. The van der Waals surface area contributed by atoms with E-state index in [9.17, 15) is 0 Å². The zero-order chi connectivity index (χ0) is 18.7. The van der Waals surface area contributed by atoms with Gasteiger partial charge in [-0.2, -0.15) is 0 Å². The first-order chi connectivity index (χ1) is 11.7. The van der Waals surface area contributed by atoms with Gasteiger partial charge in [-0.15, -0.1) is 0 Å². The summed E-state index contributed by atoms with van der Waals surface area (Å²) in [5.41, 5.74) is 0.754. The van der Waals surface area contributed by atoms with E-state index in [1.54, 1.807) is 0 Å². The van der Waals surface area contributed by atoms with Gasteiger partial charge in [0.1, 0.15) is 0 Å². The van der Waals surface area contributed by atoms with Crippen molar-refractivity contribution in [3.05, 3.63) is 0 Å². The molecule has 0 amide bonds. The minimum absolute atomic E-state index is 0.316. The molecule has 2 heterocycles. The lowest BCUT2D eigenvalue weighted by Crippen LogP contribution is -2.56. The Balaban J connectivity index is 1.88. The standard InChI is InChI=1S/C22H45N3/c1-8-11-23-14-16-25(17-15-23)22(6,7)18-21(4,5)20-9-12-24(13-10-20)19(2)3/h19-20H,8-18H2,1-7H3. The summed E-state index contributed by atoms with van der Waals surface area (Å²) in [6.45, 7) is 25.9. The zero-order valence-corrected chi connectivity index (χ0v) is 18.3. The second-order valence-corrected chi connectivity index (χ2v) is 10.2. The smallest absolute Gasteiger partial charge is 0.0159 e. The minimum atomic E-state index is 0.316. The van der Waals surface area contributed by atoms with Crippen LogP contribution >= 0.6 is 0 Å². The molecule has 2 aliphatic heterocycles. The fraction of sp³-hybridized carbons (Fsp3) is 1.00. The first-order valence-corrected chi connectivity index (χ1v) is 10.9. The van der Waals surface area contributed by atoms with Crippen molar-refractivity contribution < 1.29 is 0 Å². The summed E-state index contributed by atoms with van der Waals surface area (Å²) in [6, 6.07) is 0.708. The van der Waals surface area contributed by atoms with E-state index >= 15 is 0 Å². The number of piperidine rings is 1. The molecule has 0 unspecified atom stereocenters. The molecule has 0 N–H and O–H groups in total. The van der Waals surface area contributed by atoms with E-state index in [0.29, 0.717) is 17.0 Å². The highest BCUT2D eigenvalue weighted by molar-refractivity contribution is 4.94. The Morgan fingerprint density at radius 2 is 1.44 bits per heavy atom. The van der Waals surface area contributed by atoms with Gasteiger partial charge in [-0.05, 0) is 84.3 Å². The van der Waals surface area contributed by atoms with Crippen LogP contribution in [0, 0.1) is 11.3 Å². The maximum atomic E-state index is 2.77. The monoisotopic (exact) mass is 351 g/mol. The van der Waals surface area contributed by atoms with Gasteiger partial charge >= 0.3 is 0 Å². The largest absolute Gasteiger partial charge is 0.301 e. The Hall–Kier alpha value is -0.120. The molecule has 2 fully saturated rings. The third-order valence-electron chi connectivity index (χ3n) is 7.02. The molecule has 0 atom stereocenters. The summed E-state index contributed by atoms with van der Waals surface area (Å²) in [4.78, 5) is 8.06. The molecule has 0 radical (unpaired) electrons. The van der Waals surface area contributed by atoms with Gasteiger partial charge in [-0.25, -0.2) is 0 Å². The first-order valence-electron chi connectivity index (χ1n) is 10.9. The highest BCUT2D eigenvalue weighted by atomic mass is 15.3. The Bertz CT molecular complexity index is 386. The maximum absolute atomic E-state index is 2.77. The van der Waals surface area contributed by atoms with Crippen LogP contribution in [0.3, 0.4) is 0 Å². The van der Waals surface area contributed by atoms with Crippen LogP contribution in [0.2, 0.25) is 0 Å². The zero-order valence-electron chi connectivity index (χ0n) is 18.3. The van der Waals surface area contributed by atoms with Gasteiger partial charge in [-0.1, -0.05) is 20.8 Å². The van der Waals surface area contributed by atoms with Crippen LogP contribution < -0.4 is 0 Å². The van der Waals surface area contributed by atoms with E-state index in [-0.39, 0.29) is 0 Å². The molecule has 25 heavy (non-hydrogen) atoms. The quantitative estimate of drug-likeness (QED) is 0.676. The highest BCUT2D eigenvalue weighted by Crippen LogP contribution is 2.42. The third-order valence-corrected chi connectivity index (χ3v) is 7.02. The van der Waals surface area contributed by atoms with Gasteiger partial charge in [-0.3, -0.25) is 4.90 Å². The molecule has 2 saturated heterocycles. The molecule has 0 spiro atoms. The fourth-order valence-corrected chi connectivity index (χ4v) is 5.46. The van der Waals surface area contributed by atoms with Gasteiger partial charge in [0.2, 0.25) is 0 Å². The lowest BCUT2D eigenvalue weighted by molar-refractivity contribution is -0.00203. The molecule has 0 bridgehead atoms. The number of nitrogens with zero attached hydrogens (tertiary/aromatic N) is 3. The van der Waals surface area contributed by atoms with Gasteiger partial charge in [0.15, 0.2) is 0 Å². The second kappa shape index (κ2) is 8.71. The fourth-order valence-electron chi connectivity index (χ4n) is 5.46. The van der Waals surface area contributed by atoms with Gasteiger partial charge < -0.3 is 9.80 Å². The van der Waals surface area contributed by atoms with E-state index in [2.05, 4.69) is 63.2 Å². The Kier molecular flexibility index (Phi) is 7.38. The van der Waals surface area contributed by atoms with Crippen molar-refractivity contribution >= 4 is 0 Å². The van der Waals surface area contributed by atoms with E-state index in [0.717, 1.165) is 5.92 Å². The summed E-state index contributed by atoms with van der Waals surface area (Å²) in [7, 11) is 0. The number of likely N-dealkylation sites (tertiary alicyclic amines) is 1. The van der Waals surface area contributed by atoms with Crippen LogP contribution in [0.4, 0.5) is 0 Å². The van der Waals surface area contributed by atoms with Crippen LogP contribution in [-0.4, -0.2) is 72.1 Å². The molecule has 2 aliphatic rings. The molecule has 0 aromatic rings. The average Bonchev–Trinajstić information content (AvgIpc) is 2.55. The van der Waals surface area contributed by atoms with Crippen molar-refractivity contribution in [1.29, 1.82) is 0 Å². The predicted molar refractivity (Wildman–Crippen MR) is 110 cm³/mol. The van der Waals surface area contributed by atoms with Crippen LogP contribution in [-0.2, 0) is 0 Å². The van der Waals surface area contributed by atoms with Gasteiger partial charge in [0, 0.05) is 37.8 Å². The Labute approximate surface area is 158 Å². The van der Waals surface area contributed by atoms with Gasteiger partial charge in [0.05, 0.1) is 0 Å². The van der Waals surface area contributed by atoms with Crippen LogP contribution in [0.25, 0.3) is 0 Å². The molecule has 148 valence electrons. The van der Waals surface area contributed by atoms with Crippen molar-refractivity contribution in [3.8, 4) is 0 Å². The molecule has 0 aliphatic carbocycles. The molecular formula is C22H45N3. The molecule has 2 rings (SSSR count). The first kappa shape index (κ1) is 21.2. The summed E-state index contributed by atoms with van der Waals surface area (Å²) in [5.74, 6) is 0.878. The molecule has 3 nitrogen and oxygen atoms in total. The van der Waals surface area contributed by atoms with E-state index < -0.39 is 0 Å². The number of hydrogen-bond donors (Lipinski definition) is 0. The molecule has 0 saturated carbocycles. The highest BCUT2D eigenvalue weighted by Gasteiger charge is 2.40. The summed E-state index contributed by atoms with van der Waals surface area (Å²) in [5, 5.41) is 0. The van der Waals surface area contributed by atoms with Crippen molar-refractivity contribution in [3.63, 3.8) is 0 Å². The number of hydrogen-bond acceptors (Lipinski definition) is 3. The van der Waals surface area contributed by atoms with Crippen LogP contribution in [0.1, 0.15) is 74.1 Å². The lowest BCUT2D eigenvalue weighted by atomic mass is 9.67. The Morgan fingerprint density at radius 1 is 0.880 bits per heavy atom. The lowest BCUT2D eigenvalue weighted by Gasteiger charge is -2.50. The van der Waals surface area contributed by atoms with E-state index in [4.69, 9.17) is 0 Å². The van der Waals surface area contributed by atoms with Crippen molar-refractivity contribution in [2.45, 2.75) is 85.7 Å². The van der Waals surface area contributed by atoms with Crippen LogP contribution in [0.15, 0.2) is 0 Å². The summed E-state index contributed by atoms with van der Waals surface area (Å²) >= 11 is 0. The predicted octanol–water partition coefficient (Wildman–Crippen LogP) is 4.33. The van der Waals surface area contributed by atoms with Crippen molar-refractivity contribution in [1.82, 2.24) is 14.7 Å². The van der Waals surface area contributed by atoms with E-state index in [1.165, 1.54) is 71.5 Å². The van der Waals surface area contributed by atoms with Crippen LogP contribution in [0.5, 0.6) is 0 Å². The summed E-state index contributed by atoms with van der Waals surface area (Å²) < 4.78 is 0. The molecule has 3 heteroatoms. The van der Waals surface area contributed by atoms with Crippen molar-refractivity contribution in [2.24, 2.45) is 11.3 Å². The maximum Gasteiger partial charge on any atom is 0.0159 e. The third kappa shape index (κ3) is 5.68. The normalized spacial score (nSPS) is 23.5. The second-order valence-electron chi connectivity index (χ2n) is 10.2. The van der Waals surface area contributed by atoms with Crippen molar-refractivity contribution in [2.75, 3.05) is 45.8 Å². The SMILES string of the molecule is CCCN1CCN(C(C)(C)CC(C)(C)C2CCN(C(C)C)CC2)CC1. The molecular weight excluding hydrogens is 306 g/mol. The van der Waals surface area contributed by atoms with E-state index in [1.807, 2.05) is 0 Å². The molecule has 0 aromatic heterocycles. The summed E-state index contributed by atoms with van der Waals surface area (Å²) in [6.07, 6.45) is 5.36. The van der Waals surface area contributed by atoms with Gasteiger partial charge in [0.25, 0.3) is 0 Å². The molecule has 0 aromatic carbocycles.